The van der Waals surface area contributed by atoms with E-state index in [2.05, 4.69) is 32.5 Å². The number of nitrogens with one attached hydrogen (secondary N) is 2. The molecule has 1 aliphatic heterocycles. The Morgan fingerprint density at radius 2 is 1.93 bits per heavy atom. The highest BCUT2D eigenvalue weighted by molar-refractivity contribution is 5.87. The first kappa shape index (κ1) is 23.6. The number of halogens is 3. The molecule has 0 aromatic carbocycles. The number of nitrogens with zero attached hydrogens (tertiary/aromatic N) is 4. The molecule has 2 heterocycles. The van der Waals surface area contributed by atoms with E-state index in [-0.39, 0.29) is 6.03 Å². The summed E-state index contributed by atoms with van der Waals surface area (Å²) in [7, 11) is 0. The Hall–Kier alpha value is -2.41. The monoisotopic (exact) mass is 410 g/mol. The summed E-state index contributed by atoms with van der Waals surface area (Å²) in [5, 5.41) is 16.8. The van der Waals surface area contributed by atoms with Gasteiger partial charge in [-0.05, 0) is 13.3 Å². The summed E-state index contributed by atoms with van der Waals surface area (Å²) in [5.74, 6) is -2.43. The van der Waals surface area contributed by atoms with Gasteiger partial charge in [0.2, 0.25) is 5.95 Å². The third-order valence-corrected chi connectivity index (χ3v) is 3.86. The van der Waals surface area contributed by atoms with E-state index in [1.807, 2.05) is 6.92 Å². The van der Waals surface area contributed by atoms with Gasteiger partial charge in [-0.25, -0.2) is 14.6 Å². The van der Waals surface area contributed by atoms with Gasteiger partial charge < -0.3 is 15.2 Å². The molecular formula is C15H25F3N6O4. The van der Waals surface area contributed by atoms with Crippen molar-refractivity contribution in [1.29, 1.82) is 0 Å². The maximum absolute atomic E-state index is 11.9. The third kappa shape index (κ3) is 8.52. The van der Waals surface area contributed by atoms with Crippen LogP contribution in [-0.2, 0) is 16.1 Å². The highest BCUT2D eigenvalue weighted by Gasteiger charge is 2.38. The van der Waals surface area contributed by atoms with Crippen LogP contribution < -0.4 is 10.6 Å². The lowest BCUT2D eigenvalue weighted by Crippen LogP contribution is -2.49. The maximum Gasteiger partial charge on any atom is 0.490 e. The highest BCUT2D eigenvalue weighted by atomic mass is 19.4. The van der Waals surface area contributed by atoms with Gasteiger partial charge in [0.25, 0.3) is 0 Å². The first-order chi connectivity index (χ1) is 13.2. The second kappa shape index (κ2) is 11.4. The molecule has 28 heavy (non-hydrogen) atoms. The second-order valence-corrected chi connectivity index (χ2v) is 5.77. The molecule has 0 radical (unpaired) electrons. The molecule has 1 aromatic rings. The number of urea groups is 1. The summed E-state index contributed by atoms with van der Waals surface area (Å²) in [6.07, 6.45) is -2.50. The lowest BCUT2D eigenvalue weighted by atomic mass is 10.2. The summed E-state index contributed by atoms with van der Waals surface area (Å²) in [6.45, 7) is 8.80. The number of alkyl halides is 3. The number of ether oxygens (including phenoxy) is 1. The molecule has 1 saturated heterocycles. The van der Waals surface area contributed by atoms with Crippen LogP contribution in [0.1, 0.15) is 20.3 Å². The number of carboxylic acids is 1. The first-order valence-electron chi connectivity index (χ1n) is 8.73. The molecule has 2 amide bonds. The lowest BCUT2D eigenvalue weighted by Gasteiger charge is -2.33. The van der Waals surface area contributed by atoms with Crippen LogP contribution in [0.5, 0.6) is 0 Å². The Bertz CT molecular complexity index is 619. The molecule has 3 N–H and O–H groups in total. The number of aliphatic carboxylic acids is 1. The summed E-state index contributed by atoms with van der Waals surface area (Å²) in [6, 6.07) is 0.0661. The molecule has 1 unspecified atom stereocenters. The zero-order valence-electron chi connectivity index (χ0n) is 15.7. The van der Waals surface area contributed by atoms with Crippen LogP contribution in [0, 0.1) is 0 Å². The van der Waals surface area contributed by atoms with Gasteiger partial charge in [0, 0.05) is 32.2 Å². The van der Waals surface area contributed by atoms with Gasteiger partial charge in [-0.15, -0.1) is 5.10 Å². The zero-order chi connectivity index (χ0) is 21.2. The fraction of sp³-hybridized carbons (Fsp3) is 0.733. The number of morpholine rings is 1. The predicted molar refractivity (Wildman–Crippen MR) is 92.9 cm³/mol. The van der Waals surface area contributed by atoms with Crippen molar-refractivity contribution < 1.29 is 32.6 Å². The maximum atomic E-state index is 11.9. The van der Waals surface area contributed by atoms with Crippen molar-refractivity contribution in [2.24, 2.45) is 0 Å². The van der Waals surface area contributed by atoms with Crippen LogP contribution in [0.2, 0.25) is 0 Å². The van der Waals surface area contributed by atoms with Gasteiger partial charge in [0.05, 0.1) is 13.2 Å². The molecule has 0 saturated carbocycles. The minimum absolute atomic E-state index is 0.268. The van der Waals surface area contributed by atoms with Gasteiger partial charge >= 0.3 is 18.2 Å². The minimum Gasteiger partial charge on any atom is -0.475 e. The molecule has 0 bridgehead atoms. The number of amides is 2. The molecule has 2 rings (SSSR count). The SMILES string of the molecule is CCC(CNC(=O)Nc1ncn(CC)n1)N1CCOCC1.O=C(O)C(F)(F)F. The first-order valence-corrected chi connectivity index (χ1v) is 8.73. The topological polar surface area (TPSA) is 122 Å². The number of carbonyl (C=O) groups excluding carboxylic acids is 1. The molecule has 1 atom stereocenters. The molecule has 0 aliphatic carbocycles. The summed E-state index contributed by atoms with van der Waals surface area (Å²) < 4.78 is 38.8. The van der Waals surface area contributed by atoms with Crippen LogP contribution in [0.3, 0.4) is 0 Å². The molecule has 160 valence electrons. The van der Waals surface area contributed by atoms with Crippen LogP contribution in [0.4, 0.5) is 23.9 Å². The van der Waals surface area contributed by atoms with E-state index in [0.717, 1.165) is 39.3 Å². The second-order valence-electron chi connectivity index (χ2n) is 5.77. The van der Waals surface area contributed by atoms with Crippen molar-refractivity contribution in [2.45, 2.75) is 39.0 Å². The van der Waals surface area contributed by atoms with Crippen molar-refractivity contribution in [2.75, 3.05) is 38.2 Å². The van der Waals surface area contributed by atoms with Crippen molar-refractivity contribution >= 4 is 17.9 Å². The van der Waals surface area contributed by atoms with Crippen LogP contribution in [-0.4, -0.2) is 81.8 Å². The summed E-state index contributed by atoms with van der Waals surface area (Å²) >= 11 is 0. The van der Waals surface area contributed by atoms with E-state index in [0.29, 0.717) is 18.5 Å². The summed E-state index contributed by atoms with van der Waals surface area (Å²) in [4.78, 5) is 27.1. The van der Waals surface area contributed by atoms with E-state index < -0.39 is 12.1 Å². The zero-order valence-corrected chi connectivity index (χ0v) is 15.7. The van der Waals surface area contributed by atoms with Crippen molar-refractivity contribution in [3.63, 3.8) is 0 Å². The molecule has 13 heteroatoms. The minimum atomic E-state index is -5.08. The Labute approximate surface area is 160 Å². The van der Waals surface area contributed by atoms with Crippen molar-refractivity contribution in [3.05, 3.63) is 6.33 Å². The fourth-order valence-electron chi connectivity index (χ4n) is 2.33. The number of aryl methyl sites for hydroxylation is 1. The molecule has 1 aliphatic rings. The Morgan fingerprint density at radius 3 is 2.39 bits per heavy atom. The van der Waals surface area contributed by atoms with E-state index in [4.69, 9.17) is 14.6 Å². The van der Waals surface area contributed by atoms with Gasteiger partial charge in [0.1, 0.15) is 6.33 Å². The smallest absolute Gasteiger partial charge is 0.475 e. The third-order valence-electron chi connectivity index (χ3n) is 3.86. The molecule has 1 fully saturated rings. The average molecular weight is 410 g/mol. The van der Waals surface area contributed by atoms with Gasteiger partial charge in [0.15, 0.2) is 0 Å². The molecular weight excluding hydrogens is 385 g/mol. The quantitative estimate of drug-likeness (QED) is 0.643. The largest absolute Gasteiger partial charge is 0.490 e. The lowest BCUT2D eigenvalue weighted by molar-refractivity contribution is -0.192. The standard InChI is InChI=1S/C13H24N6O2.C2HF3O2/c1-3-11(18-5-7-21-8-6-18)9-14-13(20)16-12-15-10-19(4-2)17-12;3-2(4,5)1(6)7/h10-11H,3-9H2,1-2H3,(H2,14,16,17,20);(H,6,7). The number of aromatic nitrogens is 3. The molecule has 1 aromatic heterocycles. The Morgan fingerprint density at radius 1 is 1.32 bits per heavy atom. The van der Waals surface area contributed by atoms with Gasteiger partial charge in [-0.3, -0.25) is 14.9 Å². The van der Waals surface area contributed by atoms with Crippen molar-refractivity contribution in [3.8, 4) is 0 Å². The highest BCUT2D eigenvalue weighted by Crippen LogP contribution is 2.13. The van der Waals surface area contributed by atoms with Crippen LogP contribution in [0.15, 0.2) is 6.33 Å². The van der Waals surface area contributed by atoms with E-state index >= 15 is 0 Å². The number of carbonyl (C=O) groups is 2. The van der Waals surface area contributed by atoms with E-state index in [1.54, 1.807) is 11.0 Å². The number of anilines is 1. The number of rotatable bonds is 6. The Kier molecular flexibility index (Phi) is 9.65. The van der Waals surface area contributed by atoms with Crippen LogP contribution >= 0.6 is 0 Å². The van der Waals surface area contributed by atoms with Crippen molar-refractivity contribution in [1.82, 2.24) is 25.0 Å². The predicted octanol–water partition coefficient (Wildman–Crippen LogP) is 1.16. The number of carboxylic acid groups (broad SMARTS) is 1. The van der Waals surface area contributed by atoms with Crippen LogP contribution in [0.25, 0.3) is 0 Å². The molecule has 10 nitrogen and oxygen atoms in total. The number of hydrogen-bond acceptors (Lipinski definition) is 6. The Balaban J connectivity index is 0.000000480. The van der Waals surface area contributed by atoms with Gasteiger partial charge in [-0.2, -0.15) is 13.2 Å². The molecule has 0 spiro atoms. The van der Waals surface area contributed by atoms with Gasteiger partial charge in [-0.1, -0.05) is 6.92 Å². The van der Waals surface area contributed by atoms with E-state index in [9.17, 15) is 18.0 Å². The average Bonchev–Trinajstić information content (AvgIpc) is 3.10. The summed E-state index contributed by atoms with van der Waals surface area (Å²) in [5.41, 5.74) is 0. The normalized spacial score (nSPS) is 15.9. The van der Waals surface area contributed by atoms with E-state index in [1.165, 1.54) is 0 Å². The fourth-order valence-corrected chi connectivity index (χ4v) is 2.33. The number of hydrogen-bond donors (Lipinski definition) is 3.